The van der Waals surface area contributed by atoms with Crippen molar-refractivity contribution in [3.63, 3.8) is 0 Å². The normalized spacial score (nSPS) is 25.0. The summed E-state index contributed by atoms with van der Waals surface area (Å²) < 4.78 is 11.0. The van der Waals surface area contributed by atoms with Gasteiger partial charge in [0.25, 0.3) is 0 Å². The maximum absolute atomic E-state index is 12.3. The summed E-state index contributed by atoms with van der Waals surface area (Å²) in [6.45, 7) is 6.95. The number of aryl methyl sites for hydroxylation is 2. The molecule has 2 saturated heterocycles. The van der Waals surface area contributed by atoms with E-state index >= 15 is 0 Å². The Balaban J connectivity index is 1.84. The predicted molar refractivity (Wildman–Crippen MR) is 82.8 cm³/mol. The number of methoxy groups -OCH3 is 1. The van der Waals surface area contributed by atoms with Crippen LogP contribution in [0.5, 0.6) is 5.88 Å². The van der Waals surface area contributed by atoms with Crippen LogP contribution in [0.4, 0.5) is 0 Å². The van der Waals surface area contributed by atoms with Crippen LogP contribution in [0.25, 0.3) is 0 Å². The van der Waals surface area contributed by atoms with Crippen LogP contribution >= 0.6 is 0 Å². The predicted octanol–water partition coefficient (Wildman–Crippen LogP) is 2.24. The lowest BCUT2D eigenvalue weighted by Gasteiger charge is -2.39. The zero-order valence-corrected chi connectivity index (χ0v) is 13.6. The van der Waals surface area contributed by atoms with Crippen molar-refractivity contribution in [1.29, 1.82) is 0 Å². The molecule has 5 nitrogen and oxygen atoms in total. The van der Waals surface area contributed by atoms with Crippen LogP contribution in [0.2, 0.25) is 0 Å². The van der Waals surface area contributed by atoms with Crippen LogP contribution in [-0.4, -0.2) is 42.7 Å². The third-order valence-corrected chi connectivity index (χ3v) is 4.91. The average molecular weight is 304 g/mol. The van der Waals surface area contributed by atoms with Crippen LogP contribution in [0, 0.1) is 19.3 Å². The van der Waals surface area contributed by atoms with Gasteiger partial charge in [-0.2, -0.15) is 0 Å². The van der Waals surface area contributed by atoms with E-state index in [0.29, 0.717) is 18.8 Å². The number of rotatable bonds is 3. The van der Waals surface area contributed by atoms with E-state index in [-0.39, 0.29) is 11.3 Å². The minimum Gasteiger partial charge on any atom is -0.481 e. The maximum Gasteiger partial charge on any atom is 0.222 e. The summed E-state index contributed by atoms with van der Waals surface area (Å²) >= 11 is 0. The topological polar surface area (TPSA) is 51.7 Å². The number of ether oxygens (including phenoxy) is 2. The number of piperidine rings is 1. The molecular formula is C17H24N2O3. The largest absolute Gasteiger partial charge is 0.481 e. The van der Waals surface area contributed by atoms with Gasteiger partial charge in [-0.15, -0.1) is 0 Å². The van der Waals surface area contributed by atoms with Gasteiger partial charge in [-0.1, -0.05) is 0 Å². The van der Waals surface area contributed by atoms with Crippen LogP contribution in [0.3, 0.4) is 0 Å². The third kappa shape index (κ3) is 2.82. The molecule has 22 heavy (non-hydrogen) atoms. The molecule has 1 atom stereocenters. The van der Waals surface area contributed by atoms with E-state index in [4.69, 9.17) is 9.47 Å². The highest BCUT2D eigenvalue weighted by molar-refractivity contribution is 5.77. The molecule has 0 aliphatic carbocycles. The molecule has 5 heteroatoms. The molecule has 1 spiro atoms. The van der Waals surface area contributed by atoms with Crippen LogP contribution in [-0.2, 0) is 16.1 Å². The zero-order chi connectivity index (χ0) is 15.7. The van der Waals surface area contributed by atoms with E-state index < -0.39 is 0 Å². The van der Waals surface area contributed by atoms with Gasteiger partial charge < -0.3 is 14.4 Å². The van der Waals surface area contributed by atoms with Crippen molar-refractivity contribution >= 4 is 5.91 Å². The SMILES string of the molecule is COc1nc(C)cc(C)c1CN1C[C@]2(CCOC2)CCC1=O. The molecule has 1 amide bonds. The zero-order valence-electron chi connectivity index (χ0n) is 13.6. The van der Waals surface area contributed by atoms with Gasteiger partial charge in [0.2, 0.25) is 11.8 Å². The summed E-state index contributed by atoms with van der Waals surface area (Å²) in [7, 11) is 1.63. The Kier molecular flexibility index (Phi) is 4.08. The van der Waals surface area contributed by atoms with Crippen molar-refractivity contribution in [3.05, 3.63) is 22.9 Å². The highest BCUT2D eigenvalue weighted by Gasteiger charge is 2.41. The number of hydrogen-bond donors (Lipinski definition) is 0. The van der Waals surface area contributed by atoms with Crippen molar-refractivity contribution in [3.8, 4) is 5.88 Å². The fraction of sp³-hybridized carbons (Fsp3) is 0.647. The first-order valence-electron chi connectivity index (χ1n) is 7.90. The molecule has 0 radical (unpaired) electrons. The lowest BCUT2D eigenvalue weighted by molar-refractivity contribution is -0.138. The van der Waals surface area contributed by atoms with Gasteiger partial charge in [-0.25, -0.2) is 4.98 Å². The van der Waals surface area contributed by atoms with Gasteiger partial charge in [0.05, 0.1) is 20.3 Å². The van der Waals surface area contributed by atoms with Crippen molar-refractivity contribution in [2.45, 2.75) is 39.7 Å². The van der Waals surface area contributed by atoms with E-state index in [1.807, 2.05) is 17.9 Å². The van der Waals surface area contributed by atoms with Gasteiger partial charge in [0, 0.05) is 36.2 Å². The lowest BCUT2D eigenvalue weighted by atomic mass is 9.79. The van der Waals surface area contributed by atoms with Gasteiger partial charge in [-0.3, -0.25) is 4.79 Å². The number of carbonyl (C=O) groups is 1. The van der Waals surface area contributed by atoms with Crippen LogP contribution < -0.4 is 4.74 Å². The summed E-state index contributed by atoms with van der Waals surface area (Å²) in [6.07, 6.45) is 2.62. The number of pyridine rings is 1. The summed E-state index contributed by atoms with van der Waals surface area (Å²) in [5.41, 5.74) is 3.23. The molecular weight excluding hydrogens is 280 g/mol. The maximum atomic E-state index is 12.3. The molecule has 120 valence electrons. The number of nitrogens with zero attached hydrogens (tertiary/aromatic N) is 2. The molecule has 3 heterocycles. The van der Waals surface area contributed by atoms with E-state index in [9.17, 15) is 4.79 Å². The van der Waals surface area contributed by atoms with E-state index in [0.717, 1.165) is 49.4 Å². The van der Waals surface area contributed by atoms with Gasteiger partial charge in [0.15, 0.2) is 0 Å². The molecule has 1 aromatic heterocycles. The first kappa shape index (κ1) is 15.3. The number of likely N-dealkylation sites (tertiary alicyclic amines) is 1. The molecule has 0 N–H and O–H groups in total. The highest BCUT2D eigenvalue weighted by Crippen LogP contribution is 2.39. The number of amides is 1. The second-order valence-electron chi connectivity index (χ2n) is 6.62. The Morgan fingerprint density at radius 2 is 2.23 bits per heavy atom. The summed E-state index contributed by atoms with van der Waals surface area (Å²) in [4.78, 5) is 18.7. The third-order valence-electron chi connectivity index (χ3n) is 4.91. The van der Waals surface area contributed by atoms with Crippen molar-refractivity contribution in [1.82, 2.24) is 9.88 Å². The monoisotopic (exact) mass is 304 g/mol. The standard InChI is InChI=1S/C17H24N2O3/c1-12-8-13(2)18-16(21-3)14(12)9-19-10-17(5-4-15(19)20)6-7-22-11-17/h8H,4-7,9-11H2,1-3H3/t17-/m1/s1. The minimum absolute atomic E-state index is 0.160. The lowest BCUT2D eigenvalue weighted by Crippen LogP contribution is -2.46. The van der Waals surface area contributed by atoms with E-state index in [1.165, 1.54) is 0 Å². The molecule has 2 aliphatic rings. The van der Waals surface area contributed by atoms with Crippen molar-refractivity contribution < 1.29 is 14.3 Å². The molecule has 0 saturated carbocycles. The first-order valence-corrected chi connectivity index (χ1v) is 7.90. The molecule has 2 fully saturated rings. The second kappa shape index (κ2) is 5.88. The van der Waals surface area contributed by atoms with Crippen LogP contribution in [0.15, 0.2) is 6.07 Å². The van der Waals surface area contributed by atoms with Gasteiger partial charge in [0.1, 0.15) is 0 Å². The molecule has 0 unspecified atom stereocenters. The number of aromatic nitrogens is 1. The summed E-state index contributed by atoms with van der Waals surface area (Å²) in [5.74, 6) is 0.854. The van der Waals surface area contributed by atoms with E-state index in [1.54, 1.807) is 7.11 Å². The quantitative estimate of drug-likeness (QED) is 0.859. The first-order chi connectivity index (χ1) is 10.5. The van der Waals surface area contributed by atoms with Gasteiger partial charge in [-0.05, 0) is 38.3 Å². The Labute approximate surface area is 131 Å². The summed E-state index contributed by atoms with van der Waals surface area (Å²) in [6, 6.07) is 2.04. The molecule has 3 rings (SSSR count). The van der Waals surface area contributed by atoms with Crippen molar-refractivity contribution in [2.75, 3.05) is 26.9 Å². The van der Waals surface area contributed by atoms with Crippen LogP contribution in [0.1, 0.15) is 36.1 Å². The van der Waals surface area contributed by atoms with Gasteiger partial charge >= 0.3 is 0 Å². The Bertz CT molecular complexity index is 580. The smallest absolute Gasteiger partial charge is 0.222 e. The summed E-state index contributed by atoms with van der Waals surface area (Å²) in [5, 5.41) is 0. The molecule has 0 bridgehead atoms. The molecule has 1 aromatic rings. The fourth-order valence-corrected chi connectivity index (χ4v) is 3.60. The minimum atomic E-state index is 0.160. The Morgan fingerprint density at radius 3 is 2.91 bits per heavy atom. The Hall–Kier alpha value is -1.62. The van der Waals surface area contributed by atoms with Crippen molar-refractivity contribution in [2.24, 2.45) is 5.41 Å². The number of carbonyl (C=O) groups excluding carboxylic acids is 1. The highest BCUT2D eigenvalue weighted by atomic mass is 16.5. The molecule has 0 aromatic carbocycles. The average Bonchev–Trinajstić information content (AvgIpc) is 2.93. The Morgan fingerprint density at radius 1 is 1.41 bits per heavy atom. The number of hydrogen-bond acceptors (Lipinski definition) is 4. The second-order valence-corrected chi connectivity index (χ2v) is 6.62. The molecule has 2 aliphatic heterocycles. The van der Waals surface area contributed by atoms with E-state index in [2.05, 4.69) is 11.9 Å². The fourth-order valence-electron chi connectivity index (χ4n) is 3.60.